The molecule has 3 aromatic carbocycles. The van der Waals surface area contributed by atoms with Gasteiger partial charge in [0.15, 0.2) is 6.61 Å². The second-order valence-corrected chi connectivity index (χ2v) is 6.93. The highest BCUT2D eigenvalue weighted by atomic mass is 35.5. The van der Waals surface area contributed by atoms with Crippen molar-refractivity contribution in [3.63, 3.8) is 0 Å². The first-order valence-corrected chi connectivity index (χ1v) is 9.71. The van der Waals surface area contributed by atoms with E-state index in [4.69, 9.17) is 25.8 Å². The van der Waals surface area contributed by atoms with E-state index in [-0.39, 0.29) is 12.5 Å². The van der Waals surface area contributed by atoms with Gasteiger partial charge >= 0.3 is 0 Å². The van der Waals surface area contributed by atoms with Gasteiger partial charge < -0.3 is 19.5 Å². The first-order valence-electron chi connectivity index (χ1n) is 9.33. The number of rotatable bonds is 7. The molecule has 0 aliphatic heterocycles. The average molecular weight is 439 g/mol. The molecule has 8 nitrogen and oxygen atoms in total. The summed E-state index contributed by atoms with van der Waals surface area (Å²) in [6, 6.07) is 17.6. The van der Waals surface area contributed by atoms with Crippen molar-refractivity contribution in [1.82, 2.24) is 15.0 Å². The number of benzene rings is 3. The maximum atomic E-state index is 12.2. The van der Waals surface area contributed by atoms with Gasteiger partial charge in [-0.05, 0) is 60.7 Å². The summed E-state index contributed by atoms with van der Waals surface area (Å²) in [4.78, 5) is 13.7. The fraction of sp³-hybridized carbons (Fsp3) is 0.136. The molecule has 0 unspecified atom stereocenters. The van der Waals surface area contributed by atoms with Crippen molar-refractivity contribution in [1.29, 1.82) is 0 Å². The summed E-state index contributed by atoms with van der Waals surface area (Å²) in [5.41, 5.74) is 2.59. The van der Waals surface area contributed by atoms with E-state index >= 15 is 0 Å². The molecule has 0 spiro atoms. The van der Waals surface area contributed by atoms with E-state index < -0.39 is 0 Å². The Morgan fingerprint density at radius 3 is 2.39 bits per heavy atom. The van der Waals surface area contributed by atoms with Gasteiger partial charge in [-0.1, -0.05) is 11.6 Å². The molecule has 4 aromatic rings. The second kappa shape index (κ2) is 8.93. The zero-order valence-electron chi connectivity index (χ0n) is 16.8. The van der Waals surface area contributed by atoms with Crippen molar-refractivity contribution in [2.75, 3.05) is 26.1 Å². The number of carbonyl (C=O) groups excluding carboxylic acids is 1. The quantitative estimate of drug-likeness (QED) is 0.467. The summed E-state index contributed by atoms with van der Waals surface area (Å²) in [5.74, 6) is 1.58. The van der Waals surface area contributed by atoms with Crippen LogP contribution in [0.1, 0.15) is 0 Å². The number of hydrogen-bond acceptors (Lipinski definition) is 6. The standard InChI is InChI=1S/C22H19ClN4O4/c1-29-16-5-7-17(8-6-16)31-13-22(28)24-14-3-9-19-20(11-14)26-27(25-19)15-4-10-21(30-2)18(23)12-15/h3-12H,13H2,1-2H3,(H,24,28). The third-order valence-electron chi connectivity index (χ3n) is 4.46. The maximum Gasteiger partial charge on any atom is 0.262 e. The van der Waals surface area contributed by atoms with E-state index in [1.165, 1.54) is 4.80 Å². The number of carbonyl (C=O) groups is 1. The van der Waals surface area contributed by atoms with Gasteiger partial charge in [-0.25, -0.2) is 0 Å². The Morgan fingerprint density at radius 1 is 0.935 bits per heavy atom. The van der Waals surface area contributed by atoms with Gasteiger partial charge in [0.25, 0.3) is 5.91 Å². The first kappa shape index (κ1) is 20.5. The number of fused-ring (bicyclic) bond motifs is 1. The second-order valence-electron chi connectivity index (χ2n) is 6.52. The molecule has 1 N–H and O–H groups in total. The van der Waals surface area contributed by atoms with Gasteiger partial charge in [0.2, 0.25) is 0 Å². The fourth-order valence-corrected chi connectivity index (χ4v) is 3.16. The molecule has 0 bridgehead atoms. The zero-order valence-corrected chi connectivity index (χ0v) is 17.6. The molecule has 0 radical (unpaired) electrons. The van der Waals surface area contributed by atoms with Crippen LogP contribution in [-0.2, 0) is 4.79 Å². The maximum absolute atomic E-state index is 12.2. The minimum Gasteiger partial charge on any atom is -0.497 e. The number of hydrogen-bond donors (Lipinski definition) is 1. The Balaban J connectivity index is 1.43. The number of amides is 1. The summed E-state index contributed by atoms with van der Waals surface area (Å²) in [6.07, 6.45) is 0. The largest absolute Gasteiger partial charge is 0.497 e. The summed E-state index contributed by atoms with van der Waals surface area (Å²) in [6.45, 7) is -0.124. The molecular weight excluding hydrogens is 420 g/mol. The summed E-state index contributed by atoms with van der Waals surface area (Å²) < 4.78 is 15.8. The molecular formula is C22H19ClN4O4. The molecule has 1 amide bonds. The number of halogens is 1. The Morgan fingerprint density at radius 2 is 1.68 bits per heavy atom. The Labute approximate surface area is 183 Å². The summed E-state index contributed by atoms with van der Waals surface area (Å²) in [7, 11) is 3.14. The van der Waals surface area contributed by atoms with E-state index in [1.807, 2.05) is 6.07 Å². The van der Waals surface area contributed by atoms with Gasteiger partial charge in [-0.15, -0.1) is 10.2 Å². The molecule has 0 aliphatic carbocycles. The van der Waals surface area contributed by atoms with Gasteiger partial charge in [0.1, 0.15) is 28.3 Å². The highest BCUT2D eigenvalue weighted by Crippen LogP contribution is 2.27. The van der Waals surface area contributed by atoms with Gasteiger partial charge in [0.05, 0.1) is 24.9 Å². The number of aromatic nitrogens is 3. The number of nitrogens with zero attached hydrogens (tertiary/aromatic N) is 3. The van der Waals surface area contributed by atoms with Crippen molar-refractivity contribution < 1.29 is 19.0 Å². The van der Waals surface area contributed by atoms with Crippen molar-refractivity contribution in [2.24, 2.45) is 0 Å². The molecule has 1 aromatic heterocycles. The van der Waals surface area contributed by atoms with Gasteiger partial charge in [-0.3, -0.25) is 4.79 Å². The lowest BCUT2D eigenvalue weighted by Crippen LogP contribution is -2.20. The van der Waals surface area contributed by atoms with E-state index in [1.54, 1.807) is 68.8 Å². The summed E-state index contributed by atoms with van der Waals surface area (Å²) in [5, 5.41) is 12.2. The Kier molecular flexibility index (Phi) is 5.90. The predicted octanol–water partition coefficient (Wildman–Crippen LogP) is 4.11. The van der Waals surface area contributed by atoms with Crippen LogP contribution < -0.4 is 19.5 Å². The lowest BCUT2D eigenvalue weighted by Gasteiger charge is -2.08. The minimum atomic E-state index is -0.288. The van der Waals surface area contributed by atoms with Crippen LogP contribution in [0.25, 0.3) is 16.7 Å². The minimum absolute atomic E-state index is 0.124. The summed E-state index contributed by atoms with van der Waals surface area (Å²) >= 11 is 6.19. The fourth-order valence-electron chi connectivity index (χ4n) is 2.91. The van der Waals surface area contributed by atoms with Gasteiger partial charge in [0, 0.05) is 5.69 Å². The van der Waals surface area contributed by atoms with Crippen molar-refractivity contribution in [3.05, 3.63) is 65.7 Å². The predicted molar refractivity (Wildman–Crippen MR) is 118 cm³/mol. The monoisotopic (exact) mass is 438 g/mol. The van der Waals surface area contributed by atoms with Crippen LogP contribution in [0.15, 0.2) is 60.7 Å². The molecule has 0 atom stereocenters. The third-order valence-corrected chi connectivity index (χ3v) is 4.76. The Bertz CT molecular complexity index is 1220. The lowest BCUT2D eigenvalue weighted by atomic mass is 10.3. The van der Waals surface area contributed by atoms with E-state index in [2.05, 4.69) is 15.5 Å². The number of ether oxygens (including phenoxy) is 3. The van der Waals surface area contributed by atoms with Crippen LogP contribution in [-0.4, -0.2) is 41.7 Å². The number of methoxy groups -OCH3 is 2. The number of anilines is 1. The van der Waals surface area contributed by atoms with Crippen LogP contribution >= 0.6 is 11.6 Å². The van der Waals surface area contributed by atoms with Crippen molar-refractivity contribution >= 4 is 34.2 Å². The molecule has 0 fully saturated rings. The van der Waals surface area contributed by atoms with E-state index in [0.29, 0.717) is 38.9 Å². The van der Waals surface area contributed by atoms with Crippen LogP contribution in [0.4, 0.5) is 5.69 Å². The molecule has 0 aliphatic rings. The molecule has 1 heterocycles. The lowest BCUT2D eigenvalue weighted by molar-refractivity contribution is -0.118. The van der Waals surface area contributed by atoms with E-state index in [0.717, 1.165) is 5.75 Å². The average Bonchev–Trinajstić information content (AvgIpc) is 3.21. The first-order chi connectivity index (χ1) is 15.1. The van der Waals surface area contributed by atoms with Crippen LogP contribution in [0.2, 0.25) is 5.02 Å². The number of nitrogens with one attached hydrogen (secondary N) is 1. The van der Waals surface area contributed by atoms with Crippen LogP contribution in [0.3, 0.4) is 0 Å². The third kappa shape index (κ3) is 4.70. The highest BCUT2D eigenvalue weighted by molar-refractivity contribution is 6.32. The normalized spacial score (nSPS) is 10.7. The van der Waals surface area contributed by atoms with Crippen molar-refractivity contribution in [2.45, 2.75) is 0 Å². The van der Waals surface area contributed by atoms with E-state index in [9.17, 15) is 4.79 Å². The van der Waals surface area contributed by atoms with Gasteiger partial charge in [-0.2, -0.15) is 4.80 Å². The highest BCUT2D eigenvalue weighted by Gasteiger charge is 2.10. The molecule has 9 heteroatoms. The SMILES string of the molecule is COc1ccc(OCC(=O)Nc2ccc3nn(-c4ccc(OC)c(Cl)c4)nc3c2)cc1. The topological polar surface area (TPSA) is 87.5 Å². The zero-order chi connectivity index (χ0) is 21.8. The molecule has 4 rings (SSSR count). The Hall–Kier alpha value is -3.78. The molecule has 158 valence electrons. The molecule has 31 heavy (non-hydrogen) atoms. The smallest absolute Gasteiger partial charge is 0.262 e. The molecule has 0 saturated carbocycles. The van der Waals surface area contributed by atoms with Crippen molar-refractivity contribution in [3.8, 4) is 22.9 Å². The molecule has 0 saturated heterocycles. The van der Waals surface area contributed by atoms with Crippen LogP contribution in [0.5, 0.6) is 17.2 Å². The van der Waals surface area contributed by atoms with Crippen LogP contribution in [0, 0.1) is 0 Å².